The molecule has 0 amide bonds. The number of fused-ring (bicyclic) bond motifs is 1. The van der Waals surface area contributed by atoms with E-state index in [2.05, 4.69) is 15.3 Å². The molecule has 0 N–H and O–H groups in total. The van der Waals surface area contributed by atoms with Gasteiger partial charge in [0.1, 0.15) is 5.82 Å². The third-order valence-corrected chi connectivity index (χ3v) is 3.09. The molecule has 1 fully saturated rings. The van der Waals surface area contributed by atoms with Crippen molar-refractivity contribution in [1.29, 1.82) is 0 Å². The highest BCUT2D eigenvalue weighted by Gasteiger charge is 2.39. The van der Waals surface area contributed by atoms with Gasteiger partial charge in [-0.05, 0) is 12.1 Å². The Morgan fingerprint density at radius 2 is 1.85 bits per heavy atom. The van der Waals surface area contributed by atoms with E-state index in [4.69, 9.17) is 0 Å². The molecule has 108 valence electrons. The first-order valence-corrected chi connectivity index (χ1v) is 5.69. The van der Waals surface area contributed by atoms with E-state index in [-0.39, 0.29) is 24.6 Å². The van der Waals surface area contributed by atoms with Crippen molar-refractivity contribution in [2.24, 2.45) is 5.92 Å². The van der Waals surface area contributed by atoms with E-state index in [1.807, 2.05) is 0 Å². The third-order valence-electron chi connectivity index (χ3n) is 3.09. The minimum atomic E-state index is -4.68. The summed E-state index contributed by atoms with van der Waals surface area (Å²) in [5.41, 5.74) is -0.0491. The van der Waals surface area contributed by atoms with Gasteiger partial charge < -0.3 is 4.90 Å². The monoisotopic (exact) mass is 293 g/mol. The first-order chi connectivity index (χ1) is 9.36. The van der Waals surface area contributed by atoms with Crippen LogP contribution >= 0.6 is 0 Å². The molecule has 5 nitrogen and oxygen atoms in total. The average molecular weight is 293 g/mol. The minimum absolute atomic E-state index is 0.0491. The van der Waals surface area contributed by atoms with Crippen molar-refractivity contribution in [3.8, 4) is 0 Å². The molecule has 0 spiro atoms. The maximum absolute atomic E-state index is 12.7. The molecule has 3 rings (SSSR count). The minimum Gasteiger partial charge on any atom is -0.354 e. The summed E-state index contributed by atoms with van der Waals surface area (Å²) in [7, 11) is 0. The average Bonchev–Trinajstić information content (AvgIpc) is 2.68. The van der Waals surface area contributed by atoms with Gasteiger partial charge in [0.2, 0.25) is 6.43 Å². The summed E-state index contributed by atoms with van der Waals surface area (Å²) < 4.78 is 63.3. The summed E-state index contributed by atoms with van der Waals surface area (Å²) in [6, 6.07) is 2.76. The zero-order valence-electron chi connectivity index (χ0n) is 9.85. The molecule has 0 aromatic carbocycles. The van der Waals surface area contributed by atoms with Crippen LogP contribution in [0.15, 0.2) is 12.1 Å². The summed E-state index contributed by atoms with van der Waals surface area (Å²) in [5, 5.41) is 10.2. The largest absolute Gasteiger partial charge is 0.453 e. The Morgan fingerprint density at radius 3 is 2.45 bits per heavy atom. The molecular weight excluding hydrogens is 285 g/mol. The number of aromatic nitrogens is 4. The van der Waals surface area contributed by atoms with Gasteiger partial charge in [0.05, 0.1) is 5.92 Å². The number of nitrogens with zero attached hydrogens (tertiary/aromatic N) is 5. The van der Waals surface area contributed by atoms with Gasteiger partial charge in [-0.3, -0.25) is 0 Å². The van der Waals surface area contributed by atoms with Gasteiger partial charge in [-0.2, -0.15) is 17.7 Å². The van der Waals surface area contributed by atoms with Gasteiger partial charge in [-0.25, -0.2) is 8.78 Å². The predicted octanol–water partition coefficient (Wildman–Crippen LogP) is 1.84. The lowest BCUT2D eigenvalue weighted by Crippen LogP contribution is -2.50. The molecule has 2 aromatic heterocycles. The molecule has 0 bridgehead atoms. The summed E-state index contributed by atoms with van der Waals surface area (Å²) in [6.45, 7) is 0.138. The van der Waals surface area contributed by atoms with E-state index in [9.17, 15) is 22.0 Å². The van der Waals surface area contributed by atoms with E-state index < -0.39 is 24.3 Å². The Bertz CT molecular complexity index is 630. The molecule has 10 heteroatoms. The van der Waals surface area contributed by atoms with Crippen LogP contribution in [0.25, 0.3) is 5.65 Å². The Labute approximate surface area is 109 Å². The van der Waals surface area contributed by atoms with Crippen LogP contribution in [-0.4, -0.2) is 39.3 Å². The summed E-state index contributed by atoms with van der Waals surface area (Å²) >= 11 is 0. The summed E-state index contributed by atoms with van der Waals surface area (Å²) in [6.07, 6.45) is -7.11. The zero-order valence-corrected chi connectivity index (χ0v) is 9.85. The lowest BCUT2D eigenvalue weighted by Gasteiger charge is -2.39. The lowest BCUT2D eigenvalue weighted by molar-refractivity contribution is -0.146. The fraction of sp³-hybridized carbons (Fsp3) is 0.500. The van der Waals surface area contributed by atoms with Crippen LogP contribution in [0.3, 0.4) is 0 Å². The van der Waals surface area contributed by atoms with Crippen molar-refractivity contribution in [3.05, 3.63) is 18.0 Å². The second kappa shape index (κ2) is 4.25. The van der Waals surface area contributed by atoms with Gasteiger partial charge in [0, 0.05) is 13.1 Å². The lowest BCUT2D eigenvalue weighted by atomic mass is 10.0. The van der Waals surface area contributed by atoms with Gasteiger partial charge in [0.15, 0.2) is 5.65 Å². The highest BCUT2D eigenvalue weighted by molar-refractivity contribution is 5.47. The van der Waals surface area contributed by atoms with Crippen molar-refractivity contribution in [2.45, 2.75) is 12.6 Å². The quantitative estimate of drug-likeness (QED) is 0.793. The molecule has 20 heavy (non-hydrogen) atoms. The second-order valence-corrected chi connectivity index (χ2v) is 4.48. The maximum atomic E-state index is 12.7. The van der Waals surface area contributed by atoms with Crippen molar-refractivity contribution < 1.29 is 22.0 Å². The molecule has 1 aliphatic heterocycles. The number of halogens is 5. The van der Waals surface area contributed by atoms with Crippen LogP contribution in [-0.2, 0) is 6.18 Å². The van der Waals surface area contributed by atoms with Crippen LogP contribution in [0.1, 0.15) is 5.82 Å². The number of rotatable bonds is 2. The maximum Gasteiger partial charge on any atom is 0.453 e. The topological polar surface area (TPSA) is 46.3 Å². The van der Waals surface area contributed by atoms with Crippen LogP contribution in [0.2, 0.25) is 0 Å². The van der Waals surface area contributed by atoms with Crippen LogP contribution in [0, 0.1) is 5.92 Å². The standard InChI is InChI=1S/C10H8F5N5/c11-8(12)5-3-19(4-5)7-2-1-6-16-17-9(10(13,14)15)20(6)18-7/h1-2,5,8H,3-4H2. The van der Waals surface area contributed by atoms with Gasteiger partial charge in [-0.15, -0.1) is 15.3 Å². The van der Waals surface area contributed by atoms with E-state index >= 15 is 0 Å². The molecule has 1 saturated heterocycles. The molecule has 3 heterocycles. The Morgan fingerprint density at radius 1 is 1.15 bits per heavy atom. The normalized spacial score (nSPS) is 17.0. The number of hydrogen-bond donors (Lipinski definition) is 0. The smallest absolute Gasteiger partial charge is 0.354 e. The molecule has 0 atom stereocenters. The van der Waals surface area contributed by atoms with Crippen molar-refractivity contribution in [2.75, 3.05) is 18.0 Å². The molecule has 2 aromatic rings. The highest BCUT2D eigenvalue weighted by atomic mass is 19.4. The summed E-state index contributed by atoms with van der Waals surface area (Å²) in [5.74, 6) is -1.81. The SMILES string of the molecule is FC(F)C1CN(c2ccc3nnc(C(F)(F)F)n3n2)C1. The fourth-order valence-electron chi connectivity index (χ4n) is 1.98. The van der Waals surface area contributed by atoms with Gasteiger partial charge >= 0.3 is 6.18 Å². The van der Waals surface area contributed by atoms with Gasteiger partial charge in [0.25, 0.3) is 5.82 Å². The Kier molecular flexibility index (Phi) is 2.76. The highest BCUT2D eigenvalue weighted by Crippen LogP contribution is 2.30. The Hall–Kier alpha value is -2.00. The van der Waals surface area contributed by atoms with Crippen molar-refractivity contribution in [1.82, 2.24) is 19.8 Å². The molecular formula is C10H8F5N5. The fourth-order valence-corrected chi connectivity index (χ4v) is 1.98. The zero-order chi connectivity index (χ0) is 14.5. The van der Waals surface area contributed by atoms with Gasteiger partial charge in [-0.1, -0.05) is 0 Å². The second-order valence-electron chi connectivity index (χ2n) is 4.48. The molecule has 0 aliphatic carbocycles. The molecule has 0 radical (unpaired) electrons. The first-order valence-electron chi connectivity index (χ1n) is 5.69. The van der Waals surface area contributed by atoms with E-state index in [0.717, 1.165) is 0 Å². The van der Waals surface area contributed by atoms with Crippen molar-refractivity contribution >= 4 is 11.5 Å². The third kappa shape index (κ3) is 2.04. The molecule has 0 unspecified atom stereocenters. The number of anilines is 1. The Balaban J connectivity index is 1.91. The van der Waals surface area contributed by atoms with Crippen LogP contribution in [0.4, 0.5) is 27.8 Å². The van der Waals surface area contributed by atoms with Crippen molar-refractivity contribution in [3.63, 3.8) is 0 Å². The number of hydrogen-bond acceptors (Lipinski definition) is 4. The van der Waals surface area contributed by atoms with E-state index in [1.54, 1.807) is 0 Å². The predicted molar refractivity (Wildman–Crippen MR) is 57.5 cm³/mol. The first kappa shape index (κ1) is 13.0. The van der Waals surface area contributed by atoms with E-state index in [0.29, 0.717) is 4.52 Å². The molecule has 1 aliphatic rings. The van der Waals surface area contributed by atoms with Crippen LogP contribution in [0.5, 0.6) is 0 Å². The molecule has 0 saturated carbocycles. The van der Waals surface area contributed by atoms with Crippen LogP contribution < -0.4 is 4.90 Å². The summed E-state index contributed by atoms with van der Waals surface area (Å²) in [4.78, 5) is 1.48. The van der Waals surface area contributed by atoms with E-state index in [1.165, 1.54) is 17.0 Å². The number of alkyl halides is 5.